The van der Waals surface area contributed by atoms with Gasteiger partial charge in [0, 0.05) is 32.6 Å². The van der Waals surface area contributed by atoms with Crippen molar-refractivity contribution >= 4 is 5.91 Å². The highest BCUT2D eigenvalue weighted by Gasteiger charge is 2.27. The summed E-state index contributed by atoms with van der Waals surface area (Å²) in [7, 11) is 1.76. The molecule has 1 aromatic heterocycles. The van der Waals surface area contributed by atoms with Gasteiger partial charge in [0.2, 0.25) is 0 Å². The zero-order chi connectivity index (χ0) is 18.8. The van der Waals surface area contributed by atoms with Gasteiger partial charge in [-0.25, -0.2) is 0 Å². The summed E-state index contributed by atoms with van der Waals surface area (Å²) in [6.45, 7) is 2.76. The van der Waals surface area contributed by atoms with Crippen molar-refractivity contribution in [2.75, 3.05) is 26.7 Å². The summed E-state index contributed by atoms with van der Waals surface area (Å²) in [4.78, 5) is 16.5. The van der Waals surface area contributed by atoms with Gasteiger partial charge in [0.05, 0.1) is 19.2 Å². The first kappa shape index (κ1) is 18.0. The Morgan fingerprint density at radius 2 is 2.11 bits per heavy atom. The van der Waals surface area contributed by atoms with Gasteiger partial charge in [-0.3, -0.25) is 9.69 Å². The number of nitrogens with zero attached hydrogens (tertiary/aromatic N) is 3. The summed E-state index contributed by atoms with van der Waals surface area (Å²) in [5, 5.41) is 13.5. The van der Waals surface area contributed by atoms with E-state index in [1.54, 1.807) is 18.0 Å². The third-order valence-electron chi connectivity index (χ3n) is 5.25. The third kappa shape index (κ3) is 4.14. The van der Waals surface area contributed by atoms with E-state index in [1.807, 2.05) is 18.2 Å². The van der Waals surface area contributed by atoms with Crippen LogP contribution in [0.3, 0.4) is 0 Å². The number of likely N-dealkylation sites (N-methyl/N-ethyl adjacent to an activating group) is 1. The fourth-order valence-corrected chi connectivity index (χ4v) is 3.73. The van der Waals surface area contributed by atoms with Gasteiger partial charge in [-0.2, -0.15) is 0 Å². The number of rotatable bonds is 5. The van der Waals surface area contributed by atoms with Gasteiger partial charge in [-0.15, -0.1) is 0 Å². The molecule has 1 atom stereocenters. The van der Waals surface area contributed by atoms with E-state index in [4.69, 9.17) is 9.26 Å². The smallest absolute Gasteiger partial charge is 0.275 e. The zero-order valence-corrected chi connectivity index (χ0v) is 15.5. The molecule has 27 heavy (non-hydrogen) atoms. The number of fused-ring (bicyclic) bond motifs is 1. The highest BCUT2D eigenvalue weighted by atomic mass is 16.5. The maximum Gasteiger partial charge on any atom is 0.275 e. The van der Waals surface area contributed by atoms with Crippen LogP contribution in [-0.4, -0.2) is 64.9 Å². The molecule has 2 aromatic rings. The van der Waals surface area contributed by atoms with Crippen LogP contribution in [0, 0.1) is 0 Å². The van der Waals surface area contributed by atoms with E-state index < -0.39 is 0 Å². The summed E-state index contributed by atoms with van der Waals surface area (Å²) in [6, 6.07) is 9.69. The average Bonchev–Trinajstić information content (AvgIpc) is 3.29. The topological polar surface area (TPSA) is 79.0 Å². The standard InChI is InChI=1S/C20H25N3O4/c1-22(12-16-10-14-4-2-3-5-19(14)26-16)20(25)18-11-17(27-21-18)13-23-8-6-15(24)7-9-23/h2-5,11,15-16,24H,6-10,12-13H2,1H3/t16-/m0/s1. The Hall–Kier alpha value is -2.38. The number of aliphatic hydroxyl groups is 1. The average molecular weight is 371 g/mol. The minimum Gasteiger partial charge on any atom is -0.488 e. The molecule has 0 radical (unpaired) electrons. The normalized spacial score (nSPS) is 20.3. The number of carbonyl (C=O) groups excluding carboxylic acids is 1. The Labute approximate surface area is 158 Å². The molecule has 0 saturated carbocycles. The highest BCUT2D eigenvalue weighted by Crippen LogP contribution is 2.28. The van der Waals surface area contributed by atoms with E-state index in [1.165, 1.54) is 5.56 Å². The highest BCUT2D eigenvalue weighted by molar-refractivity contribution is 5.92. The van der Waals surface area contributed by atoms with Crippen molar-refractivity contribution in [2.24, 2.45) is 0 Å². The third-order valence-corrected chi connectivity index (χ3v) is 5.25. The summed E-state index contributed by atoms with van der Waals surface area (Å²) < 4.78 is 11.3. The lowest BCUT2D eigenvalue weighted by atomic mass is 10.1. The Kier molecular flexibility index (Phi) is 5.13. The van der Waals surface area contributed by atoms with E-state index >= 15 is 0 Å². The lowest BCUT2D eigenvalue weighted by Gasteiger charge is -2.28. The van der Waals surface area contributed by atoms with Gasteiger partial charge in [-0.05, 0) is 24.5 Å². The first-order chi connectivity index (χ1) is 13.1. The van der Waals surface area contributed by atoms with Crippen LogP contribution in [0.2, 0.25) is 0 Å². The summed E-state index contributed by atoms with van der Waals surface area (Å²) in [5.74, 6) is 1.41. The van der Waals surface area contributed by atoms with Crippen molar-refractivity contribution in [3.8, 4) is 5.75 Å². The molecule has 7 heteroatoms. The maximum absolute atomic E-state index is 12.7. The second kappa shape index (κ2) is 7.70. The number of likely N-dealkylation sites (tertiary alicyclic amines) is 1. The van der Waals surface area contributed by atoms with Crippen LogP contribution < -0.4 is 4.74 Å². The largest absolute Gasteiger partial charge is 0.488 e. The number of para-hydroxylation sites is 1. The number of aromatic nitrogens is 1. The van der Waals surface area contributed by atoms with Crippen molar-refractivity contribution in [3.05, 3.63) is 47.3 Å². The molecule has 2 aliphatic rings. The molecule has 4 rings (SSSR count). The van der Waals surface area contributed by atoms with Crippen molar-refractivity contribution in [1.29, 1.82) is 0 Å². The van der Waals surface area contributed by atoms with Crippen molar-refractivity contribution < 1.29 is 19.2 Å². The van der Waals surface area contributed by atoms with Crippen molar-refractivity contribution in [1.82, 2.24) is 15.0 Å². The molecule has 0 spiro atoms. The number of aliphatic hydroxyl groups excluding tert-OH is 1. The molecule has 3 heterocycles. The van der Waals surface area contributed by atoms with Gasteiger partial charge >= 0.3 is 0 Å². The van der Waals surface area contributed by atoms with Gasteiger partial charge in [0.25, 0.3) is 5.91 Å². The van der Waals surface area contributed by atoms with Crippen molar-refractivity contribution in [3.63, 3.8) is 0 Å². The lowest BCUT2D eigenvalue weighted by Crippen LogP contribution is -2.36. The molecule has 0 aliphatic carbocycles. The molecule has 1 N–H and O–H groups in total. The summed E-state index contributed by atoms with van der Waals surface area (Å²) in [6.07, 6.45) is 2.10. The van der Waals surface area contributed by atoms with E-state index in [2.05, 4.69) is 16.1 Å². The number of ether oxygens (including phenoxy) is 1. The first-order valence-corrected chi connectivity index (χ1v) is 9.44. The quantitative estimate of drug-likeness (QED) is 0.862. The molecule has 0 bridgehead atoms. The number of hydrogen-bond acceptors (Lipinski definition) is 6. The summed E-state index contributed by atoms with van der Waals surface area (Å²) >= 11 is 0. The molecule has 7 nitrogen and oxygen atoms in total. The fourth-order valence-electron chi connectivity index (χ4n) is 3.73. The molecule has 1 fully saturated rings. The van der Waals surface area contributed by atoms with Gasteiger partial charge in [0.1, 0.15) is 11.9 Å². The SMILES string of the molecule is CN(C[C@@H]1Cc2ccccc2O1)C(=O)c1cc(CN2CCC(O)CC2)on1. The lowest BCUT2D eigenvalue weighted by molar-refractivity contribution is 0.0715. The summed E-state index contributed by atoms with van der Waals surface area (Å²) in [5.41, 5.74) is 1.50. The van der Waals surface area contributed by atoms with Crippen LogP contribution in [0.15, 0.2) is 34.9 Å². The molecule has 1 saturated heterocycles. The minimum atomic E-state index is -0.203. The molecule has 1 aromatic carbocycles. The van der Waals surface area contributed by atoms with Crippen LogP contribution >= 0.6 is 0 Å². The van der Waals surface area contributed by atoms with E-state index in [0.29, 0.717) is 24.5 Å². The minimum absolute atomic E-state index is 0.0394. The van der Waals surface area contributed by atoms with Crippen LogP contribution in [0.5, 0.6) is 5.75 Å². The number of hydrogen-bond donors (Lipinski definition) is 1. The Balaban J connectivity index is 1.31. The second-order valence-electron chi connectivity index (χ2n) is 7.42. The van der Waals surface area contributed by atoms with Gasteiger partial charge in [0.15, 0.2) is 11.5 Å². The number of carbonyl (C=O) groups is 1. The zero-order valence-electron chi connectivity index (χ0n) is 15.5. The Morgan fingerprint density at radius 1 is 1.33 bits per heavy atom. The van der Waals surface area contributed by atoms with Crippen LogP contribution in [0.1, 0.15) is 34.7 Å². The molecule has 1 amide bonds. The second-order valence-corrected chi connectivity index (χ2v) is 7.42. The Morgan fingerprint density at radius 3 is 2.89 bits per heavy atom. The molecule has 0 unspecified atom stereocenters. The predicted molar refractivity (Wildman–Crippen MR) is 98.5 cm³/mol. The van der Waals surface area contributed by atoms with E-state index in [0.717, 1.165) is 38.1 Å². The number of benzene rings is 1. The molecular weight excluding hydrogens is 346 g/mol. The number of amides is 1. The molecular formula is C20H25N3O4. The molecule has 144 valence electrons. The first-order valence-electron chi connectivity index (χ1n) is 9.44. The fraction of sp³-hybridized carbons (Fsp3) is 0.500. The van der Waals surface area contributed by atoms with Crippen LogP contribution in [0.4, 0.5) is 0 Å². The van der Waals surface area contributed by atoms with Crippen LogP contribution in [-0.2, 0) is 13.0 Å². The maximum atomic E-state index is 12.7. The predicted octanol–water partition coefficient (Wildman–Crippen LogP) is 1.71. The Bertz CT molecular complexity index is 773. The molecule has 2 aliphatic heterocycles. The number of piperidine rings is 1. The van der Waals surface area contributed by atoms with E-state index in [9.17, 15) is 9.90 Å². The van der Waals surface area contributed by atoms with Crippen molar-refractivity contribution in [2.45, 2.75) is 38.0 Å². The van der Waals surface area contributed by atoms with E-state index in [-0.39, 0.29) is 18.1 Å². The van der Waals surface area contributed by atoms with Gasteiger partial charge < -0.3 is 19.3 Å². The van der Waals surface area contributed by atoms with Gasteiger partial charge in [-0.1, -0.05) is 23.4 Å². The van der Waals surface area contributed by atoms with Crippen LogP contribution in [0.25, 0.3) is 0 Å². The monoisotopic (exact) mass is 371 g/mol.